The number of benzene rings is 2. The first-order chi connectivity index (χ1) is 15.1. The van der Waals surface area contributed by atoms with Crippen LogP contribution in [0.15, 0.2) is 87.5 Å². The lowest BCUT2D eigenvalue weighted by Gasteiger charge is -2.36. The van der Waals surface area contributed by atoms with Crippen molar-refractivity contribution in [1.82, 2.24) is 4.90 Å². The Morgan fingerprint density at radius 1 is 1.03 bits per heavy atom. The third kappa shape index (κ3) is 3.89. The Morgan fingerprint density at radius 3 is 2.61 bits per heavy atom. The summed E-state index contributed by atoms with van der Waals surface area (Å²) in [5, 5.41) is 0. The van der Waals surface area contributed by atoms with Crippen LogP contribution in [0.3, 0.4) is 0 Å². The second-order valence-corrected chi connectivity index (χ2v) is 7.89. The summed E-state index contributed by atoms with van der Waals surface area (Å²) in [6, 6.07) is 20.3. The molecule has 0 saturated carbocycles. The van der Waals surface area contributed by atoms with Gasteiger partial charge in [0.05, 0.1) is 6.42 Å². The number of carbonyl (C=O) groups excluding carboxylic acids is 1. The number of furan rings is 1. The maximum absolute atomic E-state index is 13.9. The lowest BCUT2D eigenvalue weighted by molar-refractivity contribution is -0.121. The van der Waals surface area contributed by atoms with Crippen LogP contribution in [-0.4, -0.2) is 29.7 Å². The zero-order valence-electron chi connectivity index (χ0n) is 17.2. The molecule has 3 heterocycles. The van der Waals surface area contributed by atoms with E-state index in [9.17, 15) is 9.18 Å². The molecule has 2 aliphatic heterocycles. The van der Waals surface area contributed by atoms with Crippen molar-refractivity contribution >= 4 is 17.3 Å². The molecule has 0 atom stereocenters. The zero-order chi connectivity index (χ0) is 21.4. The van der Waals surface area contributed by atoms with E-state index in [0.29, 0.717) is 37.6 Å². The standard InChI is InChI=1S/C25H22FN3O2/c1-17-10-11-22(31-17)14-23-25(30)29-16-28(21-9-5-8-20(26)13-21)15-19(24(29)27-23)12-18-6-3-2-4-7-18/h2-11,13H,12,14-16H2,1H3. The Hall–Kier alpha value is -3.67. The van der Waals surface area contributed by atoms with Crippen LogP contribution in [-0.2, 0) is 17.6 Å². The van der Waals surface area contributed by atoms with E-state index >= 15 is 0 Å². The average Bonchev–Trinajstić information content (AvgIpc) is 3.32. The number of aliphatic imine (C=N–C) groups is 1. The van der Waals surface area contributed by atoms with Crippen LogP contribution in [0.25, 0.3) is 0 Å². The molecule has 0 N–H and O–H groups in total. The first-order valence-corrected chi connectivity index (χ1v) is 10.3. The molecule has 0 saturated heterocycles. The summed E-state index contributed by atoms with van der Waals surface area (Å²) in [5.74, 6) is 1.81. The van der Waals surface area contributed by atoms with Gasteiger partial charge in [-0.25, -0.2) is 9.38 Å². The lowest BCUT2D eigenvalue weighted by atomic mass is 10.0. The Labute approximate surface area is 180 Å². The van der Waals surface area contributed by atoms with Gasteiger partial charge in [0.2, 0.25) is 0 Å². The first kappa shape index (κ1) is 19.3. The molecule has 3 aromatic rings. The number of halogens is 1. The van der Waals surface area contributed by atoms with E-state index in [0.717, 1.165) is 28.3 Å². The van der Waals surface area contributed by atoms with Gasteiger partial charge in [0.25, 0.3) is 5.91 Å². The number of rotatable bonds is 5. The third-order valence-corrected chi connectivity index (χ3v) is 5.57. The SMILES string of the molecule is Cc1ccc(CC2=NC3=C(Cc4ccccc4)CN(c4cccc(F)c4)CN3C2=O)o1. The molecule has 0 bridgehead atoms. The van der Waals surface area contributed by atoms with Crippen molar-refractivity contribution in [3.63, 3.8) is 0 Å². The summed E-state index contributed by atoms with van der Waals surface area (Å²) in [6.45, 7) is 2.79. The molecule has 0 unspecified atom stereocenters. The summed E-state index contributed by atoms with van der Waals surface area (Å²) in [7, 11) is 0. The molecule has 31 heavy (non-hydrogen) atoms. The fourth-order valence-corrected chi connectivity index (χ4v) is 4.09. The van der Waals surface area contributed by atoms with Gasteiger partial charge in [0, 0.05) is 12.2 Å². The highest BCUT2D eigenvalue weighted by Crippen LogP contribution is 2.31. The monoisotopic (exact) mass is 415 g/mol. The van der Waals surface area contributed by atoms with E-state index < -0.39 is 0 Å². The number of amides is 1. The highest BCUT2D eigenvalue weighted by molar-refractivity contribution is 6.41. The predicted octanol–water partition coefficient (Wildman–Crippen LogP) is 4.48. The van der Waals surface area contributed by atoms with Gasteiger partial charge in [-0.3, -0.25) is 9.69 Å². The van der Waals surface area contributed by atoms with Crippen molar-refractivity contribution in [3.05, 3.63) is 101 Å². The van der Waals surface area contributed by atoms with Crippen molar-refractivity contribution in [3.8, 4) is 0 Å². The molecule has 2 aliphatic rings. The molecule has 6 heteroatoms. The Morgan fingerprint density at radius 2 is 1.87 bits per heavy atom. The maximum Gasteiger partial charge on any atom is 0.275 e. The molecule has 0 radical (unpaired) electrons. The number of hydrogen-bond donors (Lipinski definition) is 0. The summed E-state index contributed by atoms with van der Waals surface area (Å²) in [4.78, 5) is 21.6. The minimum Gasteiger partial charge on any atom is -0.466 e. The predicted molar refractivity (Wildman–Crippen MR) is 117 cm³/mol. The highest BCUT2D eigenvalue weighted by Gasteiger charge is 2.37. The number of aryl methyl sites for hydroxylation is 1. The van der Waals surface area contributed by atoms with Gasteiger partial charge in [0.1, 0.15) is 35.5 Å². The summed E-state index contributed by atoms with van der Waals surface area (Å²) >= 11 is 0. The zero-order valence-corrected chi connectivity index (χ0v) is 17.2. The van der Waals surface area contributed by atoms with Gasteiger partial charge < -0.3 is 9.32 Å². The minimum absolute atomic E-state index is 0.129. The molecule has 5 nitrogen and oxygen atoms in total. The van der Waals surface area contributed by atoms with Crippen molar-refractivity contribution in [2.24, 2.45) is 4.99 Å². The topological polar surface area (TPSA) is 49.0 Å². The molecule has 5 rings (SSSR count). The number of nitrogens with zero attached hydrogens (tertiary/aromatic N) is 3. The van der Waals surface area contributed by atoms with Crippen LogP contribution in [0.4, 0.5) is 10.1 Å². The maximum atomic E-state index is 13.9. The molecule has 2 aromatic carbocycles. The van der Waals surface area contributed by atoms with Crippen LogP contribution in [0.2, 0.25) is 0 Å². The van der Waals surface area contributed by atoms with E-state index in [1.165, 1.54) is 12.1 Å². The first-order valence-electron chi connectivity index (χ1n) is 10.3. The average molecular weight is 415 g/mol. The van der Waals surface area contributed by atoms with Gasteiger partial charge in [0.15, 0.2) is 0 Å². The Balaban J connectivity index is 1.50. The van der Waals surface area contributed by atoms with E-state index in [4.69, 9.17) is 9.41 Å². The third-order valence-electron chi connectivity index (χ3n) is 5.57. The lowest BCUT2D eigenvalue weighted by Crippen LogP contribution is -2.45. The highest BCUT2D eigenvalue weighted by atomic mass is 19.1. The molecule has 0 spiro atoms. The second kappa shape index (κ2) is 7.87. The number of hydrogen-bond acceptors (Lipinski definition) is 4. The summed E-state index contributed by atoms with van der Waals surface area (Å²) in [6.07, 6.45) is 1.02. The van der Waals surface area contributed by atoms with Crippen LogP contribution in [0.1, 0.15) is 17.1 Å². The van der Waals surface area contributed by atoms with Gasteiger partial charge >= 0.3 is 0 Å². The van der Waals surface area contributed by atoms with Crippen molar-refractivity contribution < 1.29 is 13.6 Å². The Kier molecular flexibility index (Phi) is 4.90. The molecular formula is C25H22FN3O2. The Bertz CT molecular complexity index is 1200. The molecule has 156 valence electrons. The quantitative estimate of drug-likeness (QED) is 0.617. The number of fused-ring (bicyclic) bond motifs is 1. The van der Waals surface area contributed by atoms with Crippen molar-refractivity contribution in [1.29, 1.82) is 0 Å². The van der Waals surface area contributed by atoms with Crippen LogP contribution < -0.4 is 4.90 Å². The van der Waals surface area contributed by atoms with E-state index in [1.54, 1.807) is 11.0 Å². The van der Waals surface area contributed by atoms with Crippen LogP contribution in [0.5, 0.6) is 0 Å². The van der Waals surface area contributed by atoms with Crippen LogP contribution in [0, 0.1) is 12.7 Å². The van der Waals surface area contributed by atoms with Gasteiger partial charge in [-0.15, -0.1) is 0 Å². The molecule has 1 amide bonds. The second-order valence-electron chi connectivity index (χ2n) is 7.89. The summed E-state index contributed by atoms with van der Waals surface area (Å²) < 4.78 is 19.5. The summed E-state index contributed by atoms with van der Waals surface area (Å²) in [5.41, 5.74) is 3.38. The van der Waals surface area contributed by atoms with E-state index in [-0.39, 0.29) is 11.7 Å². The van der Waals surface area contributed by atoms with Crippen LogP contribution >= 0.6 is 0 Å². The van der Waals surface area contributed by atoms with Crippen molar-refractivity contribution in [2.75, 3.05) is 18.1 Å². The fourth-order valence-electron chi connectivity index (χ4n) is 4.09. The number of carbonyl (C=O) groups is 1. The van der Waals surface area contributed by atoms with Gasteiger partial charge in [-0.1, -0.05) is 36.4 Å². The normalized spacial score (nSPS) is 16.1. The number of anilines is 1. The molecule has 0 aliphatic carbocycles. The molecular weight excluding hydrogens is 393 g/mol. The molecule has 1 aromatic heterocycles. The smallest absolute Gasteiger partial charge is 0.275 e. The van der Waals surface area contributed by atoms with Gasteiger partial charge in [-0.05, 0) is 54.8 Å². The minimum atomic E-state index is -0.297. The fraction of sp³-hybridized carbons (Fsp3) is 0.200. The molecule has 0 fully saturated rings. The largest absolute Gasteiger partial charge is 0.466 e. The van der Waals surface area contributed by atoms with Gasteiger partial charge in [-0.2, -0.15) is 0 Å². The van der Waals surface area contributed by atoms with Crippen molar-refractivity contribution in [2.45, 2.75) is 19.8 Å². The van der Waals surface area contributed by atoms with E-state index in [1.807, 2.05) is 48.2 Å². The van der Waals surface area contributed by atoms with E-state index in [2.05, 4.69) is 12.1 Å².